The Morgan fingerprint density at radius 3 is 0.764 bits per heavy atom. The molecule has 0 saturated heterocycles. The first-order valence-corrected chi connectivity index (χ1v) is 39.5. The van der Waals surface area contributed by atoms with Crippen LogP contribution in [-0.4, -0.2) is 96.7 Å². The highest BCUT2D eigenvalue weighted by Gasteiger charge is 2.30. The number of aliphatic hydroxyl groups is 1. The molecule has 89 heavy (non-hydrogen) atoms. The van der Waals surface area contributed by atoms with Crippen LogP contribution in [0.3, 0.4) is 0 Å². The van der Waals surface area contributed by atoms with Gasteiger partial charge >= 0.3 is 39.5 Å². The van der Waals surface area contributed by atoms with E-state index in [-0.39, 0.29) is 25.7 Å². The van der Waals surface area contributed by atoms with Gasteiger partial charge < -0.3 is 33.8 Å². The fraction of sp³-hybridized carbons (Fsp3) is 0.943. The molecule has 2 unspecified atom stereocenters. The number of phosphoric ester groups is 2. The number of esters is 4. The Morgan fingerprint density at radius 1 is 0.303 bits per heavy atom. The second-order valence-electron chi connectivity index (χ2n) is 26.2. The predicted octanol–water partition coefficient (Wildman–Crippen LogP) is 20.0. The van der Waals surface area contributed by atoms with Crippen LogP contribution in [0.25, 0.3) is 0 Å². The first kappa shape index (κ1) is 87.1. The molecule has 19 heteroatoms. The Balaban J connectivity index is 5.13. The van der Waals surface area contributed by atoms with Crippen molar-refractivity contribution in [2.45, 2.75) is 374 Å². The number of aliphatic hydroxyl groups excluding tert-OH is 1. The smallest absolute Gasteiger partial charge is 0.462 e. The van der Waals surface area contributed by atoms with Crippen LogP contribution < -0.4 is 0 Å². The second-order valence-corrected chi connectivity index (χ2v) is 29.1. The Labute approximate surface area is 543 Å². The summed E-state index contributed by atoms with van der Waals surface area (Å²) in [5.41, 5.74) is 0. The van der Waals surface area contributed by atoms with Crippen LogP contribution in [-0.2, 0) is 65.4 Å². The molecule has 0 amide bonds. The lowest BCUT2D eigenvalue weighted by molar-refractivity contribution is -0.161. The second kappa shape index (κ2) is 62.2. The summed E-state index contributed by atoms with van der Waals surface area (Å²) >= 11 is 0. The van der Waals surface area contributed by atoms with Gasteiger partial charge in [0.2, 0.25) is 0 Å². The molecule has 5 atom stereocenters. The van der Waals surface area contributed by atoms with Crippen molar-refractivity contribution in [3.05, 3.63) is 0 Å². The summed E-state index contributed by atoms with van der Waals surface area (Å²) < 4.78 is 68.1. The Morgan fingerprint density at radius 2 is 0.517 bits per heavy atom. The third kappa shape index (κ3) is 64.6. The summed E-state index contributed by atoms with van der Waals surface area (Å²) in [6.45, 7) is 9.35. The molecule has 3 N–H and O–H groups in total. The van der Waals surface area contributed by atoms with E-state index in [1.54, 1.807) is 0 Å². The van der Waals surface area contributed by atoms with Crippen LogP contribution in [0.2, 0.25) is 0 Å². The van der Waals surface area contributed by atoms with E-state index in [1.165, 1.54) is 167 Å². The highest BCUT2D eigenvalue weighted by molar-refractivity contribution is 7.47. The topological polar surface area (TPSA) is 237 Å². The van der Waals surface area contributed by atoms with Crippen LogP contribution >= 0.6 is 15.6 Å². The molecule has 17 nitrogen and oxygen atoms in total. The average molecular weight is 1310 g/mol. The number of carbonyl (C=O) groups excluding carboxylic acids is 4. The minimum absolute atomic E-state index is 0.101. The molecule has 0 aromatic carbocycles. The van der Waals surface area contributed by atoms with Gasteiger partial charge in [-0.3, -0.25) is 37.3 Å². The largest absolute Gasteiger partial charge is 0.472 e. The molecule has 528 valence electrons. The number of phosphoric acid groups is 2. The van der Waals surface area contributed by atoms with Crippen molar-refractivity contribution in [2.75, 3.05) is 39.6 Å². The third-order valence-corrected chi connectivity index (χ3v) is 18.1. The zero-order chi connectivity index (χ0) is 65.7. The number of hydrogen-bond donors (Lipinski definition) is 3. The van der Waals surface area contributed by atoms with Gasteiger partial charge in [0, 0.05) is 25.7 Å². The van der Waals surface area contributed by atoms with Crippen molar-refractivity contribution in [3.8, 4) is 0 Å². The number of carbonyl (C=O) groups is 4. The lowest BCUT2D eigenvalue weighted by Crippen LogP contribution is -2.30. The zero-order valence-electron chi connectivity index (χ0n) is 57.7. The van der Waals surface area contributed by atoms with E-state index >= 15 is 0 Å². The molecule has 0 aliphatic heterocycles. The van der Waals surface area contributed by atoms with Gasteiger partial charge in [0.15, 0.2) is 12.2 Å². The predicted molar refractivity (Wildman–Crippen MR) is 358 cm³/mol. The van der Waals surface area contributed by atoms with Gasteiger partial charge in [0.1, 0.15) is 19.3 Å². The highest BCUT2D eigenvalue weighted by atomic mass is 31.2. The Hall–Kier alpha value is -1.94. The summed E-state index contributed by atoms with van der Waals surface area (Å²) in [5.74, 6) is -0.784. The molecular formula is C70H136O17P2. The number of unbranched alkanes of at least 4 members (excludes halogenated alkanes) is 39. The maximum Gasteiger partial charge on any atom is 0.472 e. The van der Waals surface area contributed by atoms with Gasteiger partial charge in [-0.25, -0.2) is 9.13 Å². The van der Waals surface area contributed by atoms with Crippen molar-refractivity contribution < 1.29 is 80.2 Å². The first-order valence-electron chi connectivity index (χ1n) is 36.5. The fourth-order valence-electron chi connectivity index (χ4n) is 10.6. The minimum atomic E-state index is -4.95. The van der Waals surface area contributed by atoms with E-state index < -0.39 is 97.5 Å². The molecule has 0 bridgehead atoms. The zero-order valence-corrected chi connectivity index (χ0v) is 59.5. The average Bonchev–Trinajstić information content (AvgIpc) is 3.70. The number of hydrogen-bond acceptors (Lipinski definition) is 15. The monoisotopic (exact) mass is 1310 g/mol. The molecule has 0 aromatic heterocycles. The maximum absolute atomic E-state index is 13.0. The Bertz CT molecular complexity index is 1730. The van der Waals surface area contributed by atoms with E-state index in [2.05, 4.69) is 41.5 Å². The van der Waals surface area contributed by atoms with Crippen LogP contribution in [0.4, 0.5) is 0 Å². The van der Waals surface area contributed by atoms with Gasteiger partial charge in [0.25, 0.3) is 0 Å². The normalized spacial score (nSPS) is 14.1. The highest BCUT2D eigenvalue weighted by Crippen LogP contribution is 2.45. The van der Waals surface area contributed by atoms with Gasteiger partial charge in [-0.05, 0) is 37.5 Å². The van der Waals surface area contributed by atoms with Crippen molar-refractivity contribution in [1.82, 2.24) is 0 Å². The maximum atomic E-state index is 13.0. The van der Waals surface area contributed by atoms with Crippen LogP contribution in [0.5, 0.6) is 0 Å². The molecule has 0 aromatic rings. The summed E-state index contributed by atoms with van der Waals surface area (Å²) in [6.07, 6.45) is 47.8. The van der Waals surface area contributed by atoms with Crippen molar-refractivity contribution >= 4 is 39.5 Å². The van der Waals surface area contributed by atoms with Crippen LogP contribution in [0.1, 0.15) is 356 Å². The van der Waals surface area contributed by atoms with Gasteiger partial charge in [-0.1, -0.05) is 305 Å². The Kier molecular flexibility index (Phi) is 60.8. The third-order valence-electron chi connectivity index (χ3n) is 16.2. The van der Waals surface area contributed by atoms with Crippen molar-refractivity contribution in [2.24, 2.45) is 11.8 Å². The molecule has 0 spiro atoms. The van der Waals surface area contributed by atoms with E-state index in [4.69, 9.17) is 37.0 Å². The lowest BCUT2D eigenvalue weighted by Gasteiger charge is -2.21. The van der Waals surface area contributed by atoms with E-state index in [0.29, 0.717) is 37.5 Å². The molecule has 0 radical (unpaired) electrons. The van der Waals surface area contributed by atoms with E-state index in [1.807, 2.05) is 0 Å². The minimum Gasteiger partial charge on any atom is -0.462 e. The van der Waals surface area contributed by atoms with Crippen molar-refractivity contribution in [1.29, 1.82) is 0 Å². The standard InChI is InChI=1S/C70H136O17P2/c1-7-9-11-13-15-17-19-20-21-22-23-24-25-26-27-28-29-31-33-42-48-54-69(74)86-65(58-80-67(72)52-46-40-32-30-18-16-14-12-10-8-2)60-84-88(76,77)82-56-64(71)57-83-89(78,79)85-61-66(87-70(75)55-49-43-37-35-39-45-51-63(5)6)59-81-68(73)53-47-41-36-34-38-44-50-62(3)4/h62-66,71H,7-61H2,1-6H3,(H,76,77)(H,78,79)/t64-,65-,66-/m1/s1. The fourth-order valence-corrected chi connectivity index (χ4v) is 12.2. The van der Waals surface area contributed by atoms with Gasteiger partial charge in [0.05, 0.1) is 26.4 Å². The first-order chi connectivity index (χ1) is 42.9. The van der Waals surface area contributed by atoms with Crippen LogP contribution in [0.15, 0.2) is 0 Å². The molecule has 0 rings (SSSR count). The van der Waals surface area contributed by atoms with Crippen molar-refractivity contribution in [3.63, 3.8) is 0 Å². The van der Waals surface area contributed by atoms with E-state index in [9.17, 15) is 43.2 Å². The summed E-state index contributed by atoms with van der Waals surface area (Å²) in [6, 6.07) is 0. The molecule has 0 heterocycles. The summed E-state index contributed by atoms with van der Waals surface area (Å²) in [5, 5.41) is 10.6. The lowest BCUT2D eigenvalue weighted by atomic mass is 10.0. The molecule has 0 saturated carbocycles. The molecule has 0 fully saturated rings. The molecule has 0 aliphatic carbocycles. The van der Waals surface area contributed by atoms with E-state index in [0.717, 1.165) is 96.3 Å². The molecular weight excluding hydrogens is 1170 g/mol. The quantitative estimate of drug-likeness (QED) is 0.0222. The SMILES string of the molecule is CCCCCCCCCCCCCCCCCCCCCCCC(=O)O[C@H](COC(=O)CCCCCCCCCCCC)COP(=O)(O)OC[C@@H](O)COP(=O)(O)OC[C@@H](COC(=O)CCCCCCCCC(C)C)OC(=O)CCCCCCCCC(C)C. The van der Waals surface area contributed by atoms with Gasteiger partial charge in [-0.2, -0.15) is 0 Å². The van der Waals surface area contributed by atoms with Crippen LogP contribution in [0, 0.1) is 11.8 Å². The number of ether oxygens (including phenoxy) is 4. The summed E-state index contributed by atoms with van der Waals surface area (Å²) in [4.78, 5) is 72.3. The van der Waals surface area contributed by atoms with Gasteiger partial charge in [-0.15, -0.1) is 0 Å². The summed E-state index contributed by atoms with van der Waals surface area (Å²) in [7, 11) is -9.89. The number of rotatable bonds is 69. The molecule has 0 aliphatic rings.